The smallest absolute Gasteiger partial charge is 0.223 e. The first kappa shape index (κ1) is 14.4. The first-order valence-electron chi connectivity index (χ1n) is 8.61. The maximum atomic E-state index is 12.4. The number of aliphatic hydroxyl groups excluding tert-OH is 1. The van der Waals surface area contributed by atoms with E-state index >= 15 is 0 Å². The summed E-state index contributed by atoms with van der Waals surface area (Å²) in [6.45, 7) is 1.04. The van der Waals surface area contributed by atoms with E-state index in [1.165, 1.54) is 44.9 Å². The summed E-state index contributed by atoms with van der Waals surface area (Å²) in [5.74, 6) is 2.29. The molecule has 1 amide bonds. The fourth-order valence-corrected chi connectivity index (χ4v) is 4.46. The van der Waals surface area contributed by atoms with E-state index in [0.717, 1.165) is 37.6 Å². The molecule has 3 aliphatic carbocycles. The van der Waals surface area contributed by atoms with Crippen LogP contribution in [0.15, 0.2) is 0 Å². The maximum absolute atomic E-state index is 12.4. The van der Waals surface area contributed by atoms with Crippen LogP contribution in [0, 0.1) is 23.2 Å². The van der Waals surface area contributed by atoms with Crippen molar-refractivity contribution in [2.45, 2.75) is 64.2 Å². The highest BCUT2D eigenvalue weighted by atomic mass is 16.3. The zero-order valence-corrected chi connectivity index (χ0v) is 12.6. The van der Waals surface area contributed by atoms with E-state index in [1.807, 2.05) is 0 Å². The molecule has 0 aromatic heterocycles. The van der Waals surface area contributed by atoms with Gasteiger partial charge in [-0.25, -0.2) is 0 Å². The molecule has 3 aliphatic rings. The second-order valence-electron chi connectivity index (χ2n) is 7.51. The molecule has 3 heteroatoms. The van der Waals surface area contributed by atoms with Gasteiger partial charge < -0.3 is 10.4 Å². The second kappa shape index (κ2) is 6.05. The quantitative estimate of drug-likeness (QED) is 0.813. The predicted molar refractivity (Wildman–Crippen MR) is 79.2 cm³/mol. The summed E-state index contributed by atoms with van der Waals surface area (Å²) in [4.78, 5) is 12.4. The molecule has 0 saturated heterocycles. The number of fused-ring (bicyclic) bond motifs is 1. The van der Waals surface area contributed by atoms with Crippen molar-refractivity contribution in [2.24, 2.45) is 23.2 Å². The van der Waals surface area contributed by atoms with Crippen molar-refractivity contribution >= 4 is 5.91 Å². The molecule has 3 nitrogen and oxygen atoms in total. The van der Waals surface area contributed by atoms with Gasteiger partial charge >= 0.3 is 0 Å². The first-order valence-corrected chi connectivity index (χ1v) is 8.61. The van der Waals surface area contributed by atoms with Crippen molar-refractivity contribution in [2.75, 3.05) is 13.2 Å². The summed E-state index contributed by atoms with van der Waals surface area (Å²) < 4.78 is 0. The number of amides is 1. The van der Waals surface area contributed by atoms with E-state index in [2.05, 4.69) is 5.32 Å². The molecule has 114 valence electrons. The lowest BCUT2D eigenvalue weighted by molar-refractivity contribution is -0.127. The lowest BCUT2D eigenvalue weighted by Gasteiger charge is -2.38. The third-order valence-electron chi connectivity index (χ3n) is 6.15. The third kappa shape index (κ3) is 3.19. The van der Waals surface area contributed by atoms with E-state index in [9.17, 15) is 4.79 Å². The predicted octanol–water partition coefficient (Wildman–Crippen LogP) is 2.87. The number of aliphatic hydroxyl groups is 1. The van der Waals surface area contributed by atoms with Crippen LogP contribution in [-0.2, 0) is 4.79 Å². The van der Waals surface area contributed by atoms with Gasteiger partial charge in [-0.2, -0.15) is 0 Å². The van der Waals surface area contributed by atoms with E-state index < -0.39 is 0 Å². The molecule has 20 heavy (non-hydrogen) atoms. The van der Waals surface area contributed by atoms with Crippen molar-refractivity contribution in [1.29, 1.82) is 0 Å². The largest absolute Gasteiger partial charge is 0.396 e. The Hall–Kier alpha value is -0.570. The molecule has 3 atom stereocenters. The van der Waals surface area contributed by atoms with E-state index in [0.29, 0.717) is 5.91 Å². The number of carbonyl (C=O) groups excluding carboxylic acids is 1. The molecule has 0 aliphatic heterocycles. The van der Waals surface area contributed by atoms with Crippen LogP contribution in [0.2, 0.25) is 0 Å². The second-order valence-corrected chi connectivity index (χ2v) is 7.51. The monoisotopic (exact) mass is 279 g/mol. The standard InChI is InChI=1S/C17H29NO2/c19-10-9-17(7-8-17)12-18-16(20)15-6-5-13-3-1-2-4-14(13)11-15/h13-15,19H,1-12H2,(H,18,20). The van der Waals surface area contributed by atoms with Crippen LogP contribution in [0.3, 0.4) is 0 Å². The average Bonchev–Trinajstić information content (AvgIpc) is 3.25. The third-order valence-corrected chi connectivity index (χ3v) is 6.15. The Morgan fingerprint density at radius 1 is 1.10 bits per heavy atom. The average molecular weight is 279 g/mol. The van der Waals surface area contributed by atoms with Gasteiger partial charge in [-0.15, -0.1) is 0 Å². The van der Waals surface area contributed by atoms with Gasteiger partial charge in [0.2, 0.25) is 5.91 Å². The molecular formula is C17H29NO2. The molecule has 0 aromatic rings. The van der Waals surface area contributed by atoms with Crippen LogP contribution >= 0.6 is 0 Å². The normalized spacial score (nSPS) is 35.1. The SMILES string of the molecule is O=C(NCC1(CCO)CC1)C1CCC2CCCCC2C1. The Balaban J connectivity index is 1.46. The maximum Gasteiger partial charge on any atom is 0.223 e. The Morgan fingerprint density at radius 2 is 1.85 bits per heavy atom. The number of rotatable bonds is 5. The Morgan fingerprint density at radius 3 is 2.55 bits per heavy atom. The Bertz CT molecular complexity index is 351. The summed E-state index contributed by atoms with van der Waals surface area (Å²) in [6, 6.07) is 0. The number of hydrogen-bond acceptors (Lipinski definition) is 2. The molecule has 2 N–H and O–H groups in total. The van der Waals surface area contributed by atoms with Gasteiger partial charge in [0.25, 0.3) is 0 Å². The van der Waals surface area contributed by atoms with Crippen molar-refractivity contribution in [3.8, 4) is 0 Å². The summed E-state index contributed by atoms with van der Waals surface area (Å²) in [5, 5.41) is 12.3. The molecule has 0 aromatic carbocycles. The van der Waals surface area contributed by atoms with Crippen LogP contribution < -0.4 is 5.32 Å². The van der Waals surface area contributed by atoms with Gasteiger partial charge in [-0.3, -0.25) is 4.79 Å². The molecular weight excluding hydrogens is 250 g/mol. The van der Waals surface area contributed by atoms with Gasteiger partial charge in [-0.1, -0.05) is 25.7 Å². The summed E-state index contributed by atoms with van der Waals surface area (Å²) in [6.07, 6.45) is 12.2. The van der Waals surface area contributed by atoms with Gasteiger partial charge in [0.15, 0.2) is 0 Å². The van der Waals surface area contributed by atoms with Crippen molar-refractivity contribution in [3.05, 3.63) is 0 Å². The minimum absolute atomic E-state index is 0.243. The Kier molecular flexibility index (Phi) is 4.34. The molecule has 3 fully saturated rings. The van der Waals surface area contributed by atoms with Crippen molar-refractivity contribution < 1.29 is 9.90 Å². The molecule has 0 heterocycles. The molecule has 0 spiro atoms. The molecule has 3 unspecified atom stereocenters. The zero-order valence-electron chi connectivity index (χ0n) is 12.6. The number of carbonyl (C=O) groups is 1. The van der Waals surface area contributed by atoms with Crippen LogP contribution in [0.4, 0.5) is 0 Å². The first-order chi connectivity index (χ1) is 9.72. The zero-order chi connectivity index (χ0) is 14.0. The fourth-order valence-electron chi connectivity index (χ4n) is 4.46. The molecule has 3 rings (SSSR count). The van der Waals surface area contributed by atoms with Crippen LogP contribution in [-0.4, -0.2) is 24.2 Å². The molecule has 0 bridgehead atoms. The summed E-state index contributed by atoms with van der Waals surface area (Å²) >= 11 is 0. The number of nitrogens with one attached hydrogen (secondary N) is 1. The van der Waals surface area contributed by atoms with Crippen LogP contribution in [0.25, 0.3) is 0 Å². The highest BCUT2D eigenvalue weighted by Gasteiger charge is 2.42. The molecule has 0 radical (unpaired) electrons. The highest BCUT2D eigenvalue weighted by molar-refractivity contribution is 5.78. The lowest BCUT2D eigenvalue weighted by atomic mass is 9.67. The van der Waals surface area contributed by atoms with Crippen LogP contribution in [0.5, 0.6) is 0 Å². The van der Waals surface area contributed by atoms with E-state index in [-0.39, 0.29) is 17.9 Å². The van der Waals surface area contributed by atoms with E-state index in [4.69, 9.17) is 5.11 Å². The molecule has 3 saturated carbocycles. The van der Waals surface area contributed by atoms with Gasteiger partial charge in [0.05, 0.1) is 0 Å². The van der Waals surface area contributed by atoms with Gasteiger partial charge in [0.1, 0.15) is 0 Å². The minimum Gasteiger partial charge on any atom is -0.396 e. The van der Waals surface area contributed by atoms with Crippen molar-refractivity contribution in [3.63, 3.8) is 0 Å². The number of hydrogen-bond donors (Lipinski definition) is 2. The Labute approximate surface area is 122 Å². The topological polar surface area (TPSA) is 49.3 Å². The van der Waals surface area contributed by atoms with Crippen LogP contribution in [0.1, 0.15) is 64.2 Å². The minimum atomic E-state index is 0.243. The fraction of sp³-hybridized carbons (Fsp3) is 0.941. The van der Waals surface area contributed by atoms with Crippen molar-refractivity contribution in [1.82, 2.24) is 5.32 Å². The van der Waals surface area contributed by atoms with Gasteiger partial charge in [0, 0.05) is 19.1 Å². The highest BCUT2D eigenvalue weighted by Crippen LogP contribution is 2.48. The van der Waals surface area contributed by atoms with Gasteiger partial charge in [-0.05, 0) is 55.8 Å². The summed E-state index contributed by atoms with van der Waals surface area (Å²) in [7, 11) is 0. The summed E-state index contributed by atoms with van der Waals surface area (Å²) in [5.41, 5.74) is 0.243. The lowest BCUT2D eigenvalue weighted by Crippen LogP contribution is -2.39. The van der Waals surface area contributed by atoms with E-state index in [1.54, 1.807) is 0 Å².